The van der Waals surface area contributed by atoms with Crippen molar-refractivity contribution in [1.29, 1.82) is 0 Å². The fourth-order valence-corrected chi connectivity index (χ4v) is 2.77. The van der Waals surface area contributed by atoms with Gasteiger partial charge in [-0.1, -0.05) is 25.4 Å². The Balaban J connectivity index is 1.79. The smallest absolute Gasteiger partial charge is 0.229 e. The van der Waals surface area contributed by atoms with Gasteiger partial charge >= 0.3 is 0 Å². The summed E-state index contributed by atoms with van der Waals surface area (Å²) in [5.74, 6) is 1.70. The average molecular weight is 274 g/mol. The lowest BCUT2D eigenvalue weighted by Crippen LogP contribution is -2.09. The van der Waals surface area contributed by atoms with E-state index in [0.29, 0.717) is 12.4 Å². The SMILES string of the molecule is CC(C)c1nc(Cn2cc3c(c2)C(N)CCCC3)no1. The molecule has 0 saturated carbocycles. The maximum atomic E-state index is 6.23. The molecule has 5 heteroatoms. The van der Waals surface area contributed by atoms with Crippen LogP contribution in [-0.4, -0.2) is 14.7 Å². The highest BCUT2D eigenvalue weighted by Gasteiger charge is 2.18. The molecule has 1 unspecified atom stereocenters. The van der Waals surface area contributed by atoms with Crippen molar-refractivity contribution >= 4 is 0 Å². The lowest BCUT2D eigenvalue weighted by molar-refractivity contribution is 0.360. The number of nitrogens with zero attached hydrogens (tertiary/aromatic N) is 3. The van der Waals surface area contributed by atoms with E-state index in [1.54, 1.807) is 0 Å². The molecule has 0 amide bonds. The van der Waals surface area contributed by atoms with Crippen molar-refractivity contribution in [3.63, 3.8) is 0 Å². The minimum Gasteiger partial charge on any atom is -0.346 e. The van der Waals surface area contributed by atoms with E-state index >= 15 is 0 Å². The molecule has 2 N–H and O–H groups in total. The lowest BCUT2D eigenvalue weighted by Gasteiger charge is -2.07. The van der Waals surface area contributed by atoms with Crippen LogP contribution in [0.1, 0.15) is 67.9 Å². The van der Waals surface area contributed by atoms with Crippen molar-refractivity contribution in [2.75, 3.05) is 0 Å². The molecule has 0 saturated heterocycles. The van der Waals surface area contributed by atoms with Gasteiger partial charge in [0.1, 0.15) is 0 Å². The molecule has 2 heterocycles. The monoisotopic (exact) mass is 274 g/mol. The maximum Gasteiger partial charge on any atom is 0.229 e. The molecule has 0 bridgehead atoms. The van der Waals surface area contributed by atoms with E-state index in [1.807, 2.05) is 13.8 Å². The molecule has 0 radical (unpaired) electrons. The number of hydrogen-bond acceptors (Lipinski definition) is 4. The van der Waals surface area contributed by atoms with E-state index < -0.39 is 0 Å². The molecule has 1 aliphatic rings. The van der Waals surface area contributed by atoms with E-state index in [0.717, 1.165) is 18.7 Å². The summed E-state index contributed by atoms with van der Waals surface area (Å²) in [5.41, 5.74) is 8.90. The van der Waals surface area contributed by atoms with E-state index in [4.69, 9.17) is 10.3 Å². The highest BCUT2D eigenvalue weighted by Crippen LogP contribution is 2.27. The second kappa shape index (κ2) is 5.40. The first-order chi connectivity index (χ1) is 9.63. The van der Waals surface area contributed by atoms with Crippen LogP contribution in [0.4, 0.5) is 0 Å². The Morgan fingerprint density at radius 2 is 2.25 bits per heavy atom. The van der Waals surface area contributed by atoms with Crippen LogP contribution in [0.5, 0.6) is 0 Å². The molecule has 3 rings (SSSR count). The van der Waals surface area contributed by atoms with Crippen LogP contribution in [0.25, 0.3) is 0 Å². The van der Waals surface area contributed by atoms with Crippen molar-refractivity contribution < 1.29 is 4.52 Å². The van der Waals surface area contributed by atoms with Crippen LogP contribution in [0.3, 0.4) is 0 Å². The lowest BCUT2D eigenvalue weighted by atomic mass is 10.1. The van der Waals surface area contributed by atoms with Crippen LogP contribution < -0.4 is 5.73 Å². The van der Waals surface area contributed by atoms with Gasteiger partial charge in [-0.2, -0.15) is 4.98 Å². The first-order valence-electron chi connectivity index (χ1n) is 7.40. The second-order valence-corrected chi connectivity index (χ2v) is 5.97. The Bertz CT molecular complexity index is 584. The summed E-state index contributed by atoms with van der Waals surface area (Å²) < 4.78 is 7.37. The number of nitrogens with two attached hydrogens (primary N) is 1. The van der Waals surface area contributed by atoms with Crippen molar-refractivity contribution in [2.45, 2.75) is 58.0 Å². The minimum atomic E-state index is 0.172. The van der Waals surface area contributed by atoms with Crippen LogP contribution >= 0.6 is 0 Å². The van der Waals surface area contributed by atoms with E-state index in [1.165, 1.54) is 24.0 Å². The van der Waals surface area contributed by atoms with Gasteiger partial charge in [-0.15, -0.1) is 0 Å². The predicted octanol–water partition coefficient (Wildman–Crippen LogP) is 2.77. The summed E-state index contributed by atoms with van der Waals surface area (Å²) in [6.07, 6.45) is 8.99. The van der Waals surface area contributed by atoms with Gasteiger partial charge in [0.05, 0.1) is 6.54 Å². The van der Waals surface area contributed by atoms with Gasteiger partial charge in [-0.3, -0.25) is 0 Å². The standard InChI is InChI=1S/C15H22N4O/c1-10(2)15-17-14(18-20-15)9-19-7-11-5-3-4-6-13(16)12(11)8-19/h7-8,10,13H,3-6,9,16H2,1-2H3. The molecule has 5 nitrogen and oxygen atoms in total. The molecule has 20 heavy (non-hydrogen) atoms. The predicted molar refractivity (Wildman–Crippen MR) is 76.4 cm³/mol. The number of hydrogen-bond donors (Lipinski definition) is 1. The van der Waals surface area contributed by atoms with Gasteiger partial charge in [0.15, 0.2) is 5.82 Å². The molecule has 0 spiro atoms. The maximum absolute atomic E-state index is 6.23. The molecular weight excluding hydrogens is 252 g/mol. The molecule has 2 aromatic rings. The molecule has 0 aromatic carbocycles. The molecule has 1 aliphatic carbocycles. The summed E-state index contributed by atoms with van der Waals surface area (Å²) in [4.78, 5) is 4.42. The first-order valence-corrected chi connectivity index (χ1v) is 7.40. The summed E-state index contributed by atoms with van der Waals surface area (Å²) in [6.45, 7) is 4.75. The molecular formula is C15H22N4O. The molecule has 108 valence electrons. The zero-order valence-corrected chi connectivity index (χ0v) is 12.2. The third-order valence-corrected chi connectivity index (χ3v) is 3.91. The molecule has 0 aliphatic heterocycles. The van der Waals surface area contributed by atoms with Gasteiger partial charge < -0.3 is 14.8 Å². The van der Waals surface area contributed by atoms with Gasteiger partial charge in [0, 0.05) is 24.4 Å². The third kappa shape index (κ3) is 2.63. The van der Waals surface area contributed by atoms with E-state index in [9.17, 15) is 0 Å². The number of rotatable bonds is 3. The highest BCUT2D eigenvalue weighted by atomic mass is 16.5. The van der Waals surface area contributed by atoms with Gasteiger partial charge in [-0.05, 0) is 30.4 Å². The number of aromatic nitrogens is 3. The second-order valence-electron chi connectivity index (χ2n) is 5.97. The van der Waals surface area contributed by atoms with Crippen LogP contribution in [0.15, 0.2) is 16.9 Å². The Morgan fingerprint density at radius 1 is 1.40 bits per heavy atom. The van der Waals surface area contributed by atoms with Crippen LogP contribution in [-0.2, 0) is 13.0 Å². The Labute approximate surface area is 119 Å². The Kier molecular flexibility index (Phi) is 3.61. The minimum absolute atomic E-state index is 0.172. The molecule has 1 atom stereocenters. The van der Waals surface area contributed by atoms with Crippen molar-refractivity contribution in [1.82, 2.24) is 14.7 Å². The largest absolute Gasteiger partial charge is 0.346 e. The van der Waals surface area contributed by atoms with Crippen LogP contribution in [0, 0.1) is 0 Å². The number of fused-ring (bicyclic) bond motifs is 1. The topological polar surface area (TPSA) is 69.9 Å². The summed E-state index contributed by atoms with van der Waals surface area (Å²) in [7, 11) is 0. The van der Waals surface area contributed by atoms with Gasteiger partial charge in [0.2, 0.25) is 5.89 Å². The van der Waals surface area contributed by atoms with Crippen molar-refractivity contribution in [3.05, 3.63) is 35.2 Å². The van der Waals surface area contributed by atoms with Crippen molar-refractivity contribution in [3.8, 4) is 0 Å². The third-order valence-electron chi connectivity index (χ3n) is 3.91. The molecule has 0 fully saturated rings. The fraction of sp³-hybridized carbons (Fsp3) is 0.600. The Morgan fingerprint density at radius 3 is 3.00 bits per heavy atom. The van der Waals surface area contributed by atoms with Gasteiger partial charge in [-0.25, -0.2) is 0 Å². The quantitative estimate of drug-likeness (QED) is 0.874. The normalized spacial score (nSPS) is 19.1. The van der Waals surface area contributed by atoms with Crippen LogP contribution in [0.2, 0.25) is 0 Å². The summed E-state index contributed by atoms with van der Waals surface area (Å²) in [5, 5.41) is 4.04. The first kappa shape index (κ1) is 13.4. The van der Waals surface area contributed by atoms with Gasteiger partial charge in [0.25, 0.3) is 0 Å². The average Bonchev–Trinajstić information content (AvgIpc) is 2.99. The molecule has 2 aromatic heterocycles. The summed E-state index contributed by atoms with van der Waals surface area (Å²) >= 11 is 0. The highest BCUT2D eigenvalue weighted by molar-refractivity contribution is 5.29. The zero-order chi connectivity index (χ0) is 14.1. The van der Waals surface area contributed by atoms with Crippen molar-refractivity contribution in [2.24, 2.45) is 5.73 Å². The Hall–Kier alpha value is -1.62. The zero-order valence-electron chi connectivity index (χ0n) is 12.2. The van der Waals surface area contributed by atoms with E-state index in [2.05, 4.69) is 27.1 Å². The summed E-state index contributed by atoms with van der Waals surface area (Å²) in [6, 6.07) is 0.172. The fourth-order valence-electron chi connectivity index (χ4n) is 2.77. The van der Waals surface area contributed by atoms with E-state index in [-0.39, 0.29) is 12.0 Å². The number of aryl methyl sites for hydroxylation is 1.